The first kappa shape index (κ1) is 24.9. The van der Waals surface area contributed by atoms with Crippen LogP contribution in [0.5, 0.6) is 0 Å². The van der Waals surface area contributed by atoms with E-state index in [0.717, 1.165) is 19.3 Å². The summed E-state index contributed by atoms with van der Waals surface area (Å²) in [4.78, 5) is 11.2. The molecule has 5 atom stereocenters. The highest BCUT2D eigenvalue weighted by Gasteiger charge is 2.41. The lowest BCUT2D eigenvalue weighted by Crippen LogP contribution is -2.18. The molecule has 4 heteroatoms. The molecule has 0 aliphatic heterocycles. The Morgan fingerprint density at radius 3 is 2.63 bits per heavy atom. The van der Waals surface area contributed by atoms with Crippen molar-refractivity contribution in [2.24, 2.45) is 5.92 Å². The zero-order valence-corrected chi connectivity index (χ0v) is 19.6. The van der Waals surface area contributed by atoms with E-state index < -0.39 is 6.10 Å². The average molecular weight is 435 g/mol. The van der Waals surface area contributed by atoms with Crippen LogP contribution in [-0.4, -0.2) is 29.7 Å². The molecule has 1 aromatic rings. The summed E-state index contributed by atoms with van der Waals surface area (Å²) >= 11 is 6.62. The van der Waals surface area contributed by atoms with Gasteiger partial charge in [0.05, 0.1) is 13.2 Å². The Morgan fingerprint density at radius 1 is 1.23 bits per heavy atom. The highest BCUT2D eigenvalue weighted by Crippen LogP contribution is 2.45. The maximum Gasteiger partial charge on any atom is 0.305 e. The maximum atomic E-state index is 11.2. The predicted octanol–water partition coefficient (Wildman–Crippen LogP) is 6.73. The van der Waals surface area contributed by atoms with Crippen LogP contribution in [0.15, 0.2) is 36.4 Å². The van der Waals surface area contributed by atoms with Crippen LogP contribution in [0.4, 0.5) is 0 Å². The molecular weight excluding hydrogens is 396 g/mol. The second-order valence-electron chi connectivity index (χ2n) is 8.75. The molecule has 0 heterocycles. The Labute approximate surface area is 187 Å². The van der Waals surface area contributed by atoms with E-state index in [-0.39, 0.29) is 23.2 Å². The molecule has 30 heavy (non-hydrogen) atoms. The second-order valence-corrected chi connectivity index (χ2v) is 9.31. The first-order valence-electron chi connectivity index (χ1n) is 11.6. The van der Waals surface area contributed by atoms with Gasteiger partial charge < -0.3 is 9.84 Å². The van der Waals surface area contributed by atoms with E-state index >= 15 is 0 Å². The number of halogens is 1. The number of carbonyl (C=O) groups is 1. The molecule has 5 unspecified atom stereocenters. The van der Waals surface area contributed by atoms with E-state index in [1.54, 1.807) is 0 Å². The van der Waals surface area contributed by atoms with Gasteiger partial charge in [0.15, 0.2) is 0 Å². The Morgan fingerprint density at radius 2 is 1.97 bits per heavy atom. The number of aliphatic hydroxyl groups is 1. The van der Waals surface area contributed by atoms with E-state index in [0.29, 0.717) is 18.8 Å². The van der Waals surface area contributed by atoms with Crippen LogP contribution in [0.1, 0.15) is 94.6 Å². The van der Waals surface area contributed by atoms with E-state index in [1.165, 1.54) is 43.9 Å². The maximum absolute atomic E-state index is 11.2. The van der Waals surface area contributed by atoms with E-state index in [2.05, 4.69) is 55.0 Å². The van der Waals surface area contributed by atoms with Crippen molar-refractivity contribution in [2.75, 3.05) is 7.11 Å². The molecule has 1 saturated carbocycles. The summed E-state index contributed by atoms with van der Waals surface area (Å²) in [5, 5.41) is 10.7. The number of benzene rings is 1. The van der Waals surface area contributed by atoms with Crippen LogP contribution < -0.4 is 0 Å². The Hall–Kier alpha value is -1.32. The number of esters is 1. The van der Waals surface area contributed by atoms with Crippen LogP contribution in [0, 0.1) is 5.92 Å². The predicted molar refractivity (Wildman–Crippen MR) is 125 cm³/mol. The Balaban J connectivity index is 1.94. The monoisotopic (exact) mass is 434 g/mol. The quantitative estimate of drug-likeness (QED) is 0.171. The third kappa shape index (κ3) is 7.42. The molecule has 1 aliphatic rings. The first-order chi connectivity index (χ1) is 14.5. The summed E-state index contributed by atoms with van der Waals surface area (Å²) in [6.07, 6.45) is 12.5. The summed E-state index contributed by atoms with van der Waals surface area (Å²) < 4.78 is 4.67. The van der Waals surface area contributed by atoms with Gasteiger partial charge in [0.2, 0.25) is 0 Å². The SMILES string of the molecule is CCCCCC(C)c1ccc(C2C(O)CC(Cl)C2CC=CCCCC(=O)OC)cc1. The molecule has 168 valence electrons. The van der Waals surface area contributed by atoms with Gasteiger partial charge in [-0.2, -0.15) is 0 Å². The smallest absolute Gasteiger partial charge is 0.305 e. The molecule has 0 amide bonds. The Kier molecular flexibility index (Phi) is 11.0. The van der Waals surface area contributed by atoms with Gasteiger partial charge >= 0.3 is 5.97 Å². The minimum Gasteiger partial charge on any atom is -0.469 e. The molecule has 1 N–H and O–H groups in total. The van der Waals surface area contributed by atoms with Crippen molar-refractivity contribution in [3.63, 3.8) is 0 Å². The fourth-order valence-electron chi connectivity index (χ4n) is 4.58. The number of ether oxygens (including phenoxy) is 1. The van der Waals surface area contributed by atoms with Gasteiger partial charge in [0.25, 0.3) is 0 Å². The summed E-state index contributed by atoms with van der Waals surface area (Å²) in [6.45, 7) is 4.54. The normalized spacial score (nSPS) is 25.0. The van der Waals surface area contributed by atoms with Crippen LogP contribution in [0.3, 0.4) is 0 Å². The van der Waals surface area contributed by atoms with E-state index in [1.807, 2.05) is 0 Å². The van der Waals surface area contributed by atoms with Crippen molar-refractivity contribution < 1.29 is 14.6 Å². The first-order valence-corrected chi connectivity index (χ1v) is 12.0. The van der Waals surface area contributed by atoms with Crippen molar-refractivity contribution in [2.45, 2.75) is 95.0 Å². The number of allylic oxidation sites excluding steroid dienone is 2. The molecule has 0 spiro atoms. The number of hydrogen-bond acceptors (Lipinski definition) is 3. The van der Waals surface area contributed by atoms with Crippen LogP contribution in [-0.2, 0) is 9.53 Å². The van der Waals surface area contributed by atoms with Crippen LogP contribution in [0.2, 0.25) is 0 Å². The molecule has 0 saturated heterocycles. The molecule has 1 fully saturated rings. The summed E-state index contributed by atoms with van der Waals surface area (Å²) in [5.41, 5.74) is 2.58. The van der Waals surface area contributed by atoms with Gasteiger partial charge in [-0.15, -0.1) is 11.6 Å². The van der Waals surface area contributed by atoms with Crippen LogP contribution in [0.25, 0.3) is 0 Å². The highest BCUT2D eigenvalue weighted by atomic mass is 35.5. The topological polar surface area (TPSA) is 46.5 Å². The third-order valence-electron chi connectivity index (χ3n) is 6.49. The highest BCUT2D eigenvalue weighted by molar-refractivity contribution is 6.21. The van der Waals surface area contributed by atoms with Gasteiger partial charge in [0, 0.05) is 17.7 Å². The standard InChI is InChI=1S/C26H39ClO3/c1-4-5-8-11-19(2)20-14-16-21(17-15-20)26-22(23(27)18-24(26)28)12-9-6-7-10-13-25(29)30-3/h6,9,14-17,19,22-24,26,28H,4-5,7-8,10-13,18H2,1-3H3. The van der Waals surface area contributed by atoms with Crippen LogP contribution >= 0.6 is 11.6 Å². The molecule has 1 aliphatic carbocycles. The zero-order valence-electron chi connectivity index (χ0n) is 18.9. The number of unbranched alkanes of at least 4 members (excludes halogenated alkanes) is 3. The number of carbonyl (C=O) groups excluding carboxylic acids is 1. The molecule has 0 radical (unpaired) electrons. The molecule has 0 bridgehead atoms. The lowest BCUT2D eigenvalue weighted by molar-refractivity contribution is -0.140. The molecular formula is C26H39ClO3. The van der Waals surface area contributed by atoms with E-state index in [9.17, 15) is 9.90 Å². The van der Waals surface area contributed by atoms with Gasteiger partial charge in [-0.1, -0.05) is 69.5 Å². The van der Waals surface area contributed by atoms with E-state index in [4.69, 9.17) is 11.6 Å². The average Bonchev–Trinajstić information content (AvgIpc) is 3.03. The third-order valence-corrected chi connectivity index (χ3v) is 6.99. The van der Waals surface area contributed by atoms with Crippen molar-refractivity contribution in [3.8, 4) is 0 Å². The molecule has 3 nitrogen and oxygen atoms in total. The fourth-order valence-corrected chi connectivity index (χ4v) is 5.02. The summed E-state index contributed by atoms with van der Waals surface area (Å²) in [7, 11) is 1.42. The van der Waals surface area contributed by atoms with Crippen molar-refractivity contribution in [3.05, 3.63) is 47.5 Å². The summed E-state index contributed by atoms with van der Waals surface area (Å²) in [5.74, 6) is 0.720. The molecule has 1 aromatic carbocycles. The Bertz CT molecular complexity index is 655. The minimum atomic E-state index is -0.391. The number of rotatable bonds is 12. The number of alkyl halides is 1. The number of aliphatic hydroxyl groups excluding tert-OH is 1. The zero-order chi connectivity index (χ0) is 21.9. The van der Waals surface area contributed by atoms with Crippen molar-refractivity contribution in [1.82, 2.24) is 0 Å². The second kappa shape index (κ2) is 13.2. The largest absolute Gasteiger partial charge is 0.469 e. The van der Waals surface area contributed by atoms with Gasteiger partial charge in [-0.25, -0.2) is 0 Å². The van der Waals surface area contributed by atoms with Gasteiger partial charge in [0.1, 0.15) is 0 Å². The van der Waals surface area contributed by atoms with Gasteiger partial charge in [-0.3, -0.25) is 4.79 Å². The minimum absolute atomic E-state index is 0.0163. The lowest BCUT2D eigenvalue weighted by atomic mass is 9.84. The van der Waals surface area contributed by atoms with Crippen molar-refractivity contribution in [1.29, 1.82) is 0 Å². The lowest BCUT2D eigenvalue weighted by Gasteiger charge is -2.23. The summed E-state index contributed by atoms with van der Waals surface area (Å²) in [6, 6.07) is 8.86. The van der Waals surface area contributed by atoms with Gasteiger partial charge in [-0.05, 0) is 55.1 Å². The fraction of sp³-hybridized carbons (Fsp3) is 0.654. The molecule has 0 aromatic heterocycles. The van der Waals surface area contributed by atoms with Crippen molar-refractivity contribution >= 4 is 17.6 Å². The molecule has 2 rings (SSSR count). The number of methoxy groups -OCH3 is 1. The number of hydrogen-bond donors (Lipinski definition) is 1.